The normalized spacial score (nSPS) is 24.4. The second kappa shape index (κ2) is 4.70. The summed E-state index contributed by atoms with van der Waals surface area (Å²) >= 11 is 0. The first-order chi connectivity index (χ1) is 7.73. The van der Waals surface area contributed by atoms with Gasteiger partial charge in [0.2, 0.25) is 0 Å². The molecule has 1 aliphatic rings. The lowest BCUT2D eigenvalue weighted by molar-refractivity contribution is 0.0314. The number of rotatable bonds is 4. The van der Waals surface area contributed by atoms with E-state index in [4.69, 9.17) is 9.47 Å². The molecule has 88 valence electrons. The van der Waals surface area contributed by atoms with E-state index in [1.165, 1.54) is 0 Å². The van der Waals surface area contributed by atoms with Gasteiger partial charge in [0.05, 0.1) is 12.7 Å². The average Bonchev–Trinajstić information content (AvgIpc) is 2.74. The molecule has 4 nitrogen and oxygen atoms in total. The van der Waals surface area contributed by atoms with E-state index in [0.717, 1.165) is 37.6 Å². The second-order valence-electron chi connectivity index (χ2n) is 4.31. The summed E-state index contributed by atoms with van der Waals surface area (Å²) in [7, 11) is 1.65. The first kappa shape index (κ1) is 11.2. The van der Waals surface area contributed by atoms with E-state index in [9.17, 15) is 0 Å². The van der Waals surface area contributed by atoms with E-state index in [2.05, 4.69) is 17.2 Å². The fraction of sp³-hybridized carbons (Fsp3) is 0.583. The zero-order chi connectivity index (χ0) is 11.4. The maximum Gasteiger partial charge on any atom is 0.168 e. The van der Waals surface area contributed by atoms with Crippen LogP contribution in [0.4, 0.5) is 5.82 Å². The highest BCUT2D eigenvalue weighted by Gasteiger charge is 2.29. The van der Waals surface area contributed by atoms with Gasteiger partial charge in [0, 0.05) is 19.3 Å². The molecule has 1 unspecified atom stereocenters. The van der Waals surface area contributed by atoms with Gasteiger partial charge in [-0.3, -0.25) is 0 Å². The van der Waals surface area contributed by atoms with Crippen LogP contribution in [0.25, 0.3) is 0 Å². The van der Waals surface area contributed by atoms with E-state index in [0.29, 0.717) is 0 Å². The predicted octanol–water partition coefficient (Wildman–Crippen LogP) is 2.07. The van der Waals surface area contributed by atoms with Crippen LogP contribution in [0.5, 0.6) is 5.75 Å². The lowest BCUT2D eigenvalue weighted by Crippen LogP contribution is -2.32. The van der Waals surface area contributed by atoms with Gasteiger partial charge in [-0.1, -0.05) is 0 Å². The number of nitrogens with one attached hydrogen (secondary N) is 1. The quantitative estimate of drug-likeness (QED) is 0.847. The Morgan fingerprint density at radius 2 is 2.50 bits per heavy atom. The van der Waals surface area contributed by atoms with Crippen molar-refractivity contribution in [2.24, 2.45) is 0 Å². The zero-order valence-electron chi connectivity index (χ0n) is 9.82. The predicted molar refractivity (Wildman–Crippen MR) is 62.9 cm³/mol. The Bertz CT molecular complexity index is 349. The SMILES string of the molecule is COc1cccnc1NCC1(C)CCCO1. The number of methoxy groups -OCH3 is 1. The lowest BCUT2D eigenvalue weighted by atomic mass is 10.0. The van der Waals surface area contributed by atoms with Crippen molar-refractivity contribution >= 4 is 5.82 Å². The highest BCUT2D eigenvalue weighted by Crippen LogP contribution is 2.27. The van der Waals surface area contributed by atoms with Crippen molar-refractivity contribution in [2.75, 3.05) is 25.6 Å². The van der Waals surface area contributed by atoms with Crippen LogP contribution in [0.2, 0.25) is 0 Å². The Labute approximate surface area is 96.0 Å². The van der Waals surface area contributed by atoms with Gasteiger partial charge in [0.25, 0.3) is 0 Å². The smallest absolute Gasteiger partial charge is 0.168 e. The summed E-state index contributed by atoms with van der Waals surface area (Å²) in [4.78, 5) is 4.25. The van der Waals surface area contributed by atoms with Crippen molar-refractivity contribution in [3.05, 3.63) is 18.3 Å². The molecule has 0 amide bonds. The maximum atomic E-state index is 5.70. The first-order valence-corrected chi connectivity index (χ1v) is 5.60. The zero-order valence-corrected chi connectivity index (χ0v) is 9.82. The van der Waals surface area contributed by atoms with E-state index in [1.54, 1.807) is 13.3 Å². The van der Waals surface area contributed by atoms with Gasteiger partial charge in [0.15, 0.2) is 11.6 Å². The molecular weight excluding hydrogens is 204 g/mol. The minimum absolute atomic E-state index is 0.0669. The van der Waals surface area contributed by atoms with Crippen LogP contribution in [-0.4, -0.2) is 30.8 Å². The van der Waals surface area contributed by atoms with E-state index in [-0.39, 0.29) is 5.60 Å². The van der Waals surface area contributed by atoms with Crippen molar-refractivity contribution in [3.8, 4) is 5.75 Å². The molecule has 0 saturated carbocycles. The molecular formula is C12H18N2O2. The Morgan fingerprint density at radius 1 is 1.62 bits per heavy atom. The summed E-state index contributed by atoms with van der Waals surface area (Å²) in [5.74, 6) is 1.55. The lowest BCUT2D eigenvalue weighted by Gasteiger charge is -2.24. The number of ether oxygens (including phenoxy) is 2. The molecule has 1 aliphatic heterocycles. The van der Waals surface area contributed by atoms with Gasteiger partial charge >= 0.3 is 0 Å². The molecule has 1 aromatic heterocycles. The first-order valence-electron chi connectivity index (χ1n) is 5.60. The van der Waals surface area contributed by atoms with Crippen LogP contribution in [0.3, 0.4) is 0 Å². The molecule has 0 spiro atoms. The number of nitrogens with zero attached hydrogens (tertiary/aromatic N) is 1. The fourth-order valence-electron chi connectivity index (χ4n) is 1.93. The second-order valence-corrected chi connectivity index (χ2v) is 4.31. The van der Waals surface area contributed by atoms with Crippen molar-refractivity contribution in [3.63, 3.8) is 0 Å². The van der Waals surface area contributed by atoms with Crippen molar-refractivity contribution in [1.82, 2.24) is 4.98 Å². The van der Waals surface area contributed by atoms with Crippen LogP contribution in [0.1, 0.15) is 19.8 Å². The molecule has 2 heterocycles. The van der Waals surface area contributed by atoms with Crippen molar-refractivity contribution < 1.29 is 9.47 Å². The standard InChI is InChI=1S/C12H18N2O2/c1-12(6-4-8-16-12)9-14-11-10(15-2)5-3-7-13-11/h3,5,7H,4,6,8-9H2,1-2H3,(H,13,14). The fourth-order valence-corrected chi connectivity index (χ4v) is 1.93. The van der Waals surface area contributed by atoms with Crippen LogP contribution in [0, 0.1) is 0 Å². The van der Waals surface area contributed by atoms with Gasteiger partial charge < -0.3 is 14.8 Å². The molecule has 0 aromatic carbocycles. The molecule has 4 heteroatoms. The van der Waals surface area contributed by atoms with Crippen LogP contribution < -0.4 is 10.1 Å². The molecule has 1 aromatic rings. The molecule has 2 rings (SSSR count). The summed E-state index contributed by atoms with van der Waals surface area (Å²) in [6.07, 6.45) is 3.98. The van der Waals surface area contributed by atoms with Gasteiger partial charge in [0.1, 0.15) is 0 Å². The highest BCUT2D eigenvalue weighted by molar-refractivity contribution is 5.49. The molecule has 16 heavy (non-hydrogen) atoms. The van der Waals surface area contributed by atoms with E-state index < -0.39 is 0 Å². The molecule has 0 aliphatic carbocycles. The maximum absolute atomic E-state index is 5.70. The molecule has 0 radical (unpaired) electrons. The summed E-state index contributed by atoms with van der Waals surface area (Å²) in [6.45, 7) is 3.75. The summed E-state index contributed by atoms with van der Waals surface area (Å²) < 4.78 is 10.9. The highest BCUT2D eigenvalue weighted by atomic mass is 16.5. The monoisotopic (exact) mass is 222 g/mol. The van der Waals surface area contributed by atoms with Gasteiger partial charge in [-0.15, -0.1) is 0 Å². The topological polar surface area (TPSA) is 43.4 Å². The van der Waals surface area contributed by atoms with E-state index >= 15 is 0 Å². The third-order valence-corrected chi connectivity index (χ3v) is 2.92. The summed E-state index contributed by atoms with van der Waals surface area (Å²) in [5, 5.41) is 3.29. The number of anilines is 1. The molecule has 0 bridgehead atoms. The van der Waals surface area contributed by atoms with Crippen molar-refractivity contribution in [2.45, 2.75) is 25.4 Å². The van der Waals surface area contributed by atoms with Gasteiger partial charge in [-0.05, 0) is 31.9 Å². The average molecular weight is 222 g/mol. The largest absolute Gasteiger partial charge is 0.493 e. The number of hydrogen-bond acceptors (Lipinski definition) is 4. The molecule has 1 N–H and O–H groups in total. The number of aromatic nitrogens is 1. The number of hydrogen-bond donors (Lipinski definition) is 1. The van der Waals surface area contributed by atoms with Crippen molar-refractivity contribution in [1.29, 1.82) is 0 Å². The summed E-state index contributed by atoms with van der Waals surface area (Å²) in [6, 6.07) is 3.75. The van der Waals surface area contributed by atoms with E-state index in [1.807, 2.05) is 12.1 Å². The Balaban J connectivity index is 1.98. The summed E-state index contributed by atoms with van der Waals surface area (Å²) in [5.41, 5.74) is -0.0669. The van der Waals surface area contributed by atoms with Gasteiger partial charge in [-0.2, -0.15) is 0 Å². The molecule has 1 saturated heterocycles. The minimum Gasteiger partial charge on any atom is -0.493 e. The van der Waals surface area contributed by atoms with Gasteiger partial charge in [-0.25, -0.2) is 4.98 Å². The molecule has 1 atom stereocenters. The van der Waals surface area contributed by atoms with Crippen LogP contribution >= 0.6 is 0 Å². The Morgan fingerprint density at radius 3 is 3.19 bits per heavy atom. The molecule has 1 fully saturated rings. The Kier molecular flexibility index (Phi) is 3.29. The minimum atomic E-state index is -0.0669. The Hall–Kier alpha value is -1.29. The third-order valence-electron chi connectivity index (χ3n) is 2.92. The van der Waals surface area contributed by atoms with Crippen LogP contribution in [-0.2, 0) is 4.74 Å². The third kappa shape index (κ3) is 2.44. The number of pyridine rings is 1. The van der Waals surface area contributed by atoms with Crippen LogP contribution in [0.15, 0.2) is 18.3 Å².